The fraction of sp³-hybridized carbons (Fsp3) is 0.789. The SMILES string of the molecule is CCCCCCC(O)c1cn([C@@H]2O[C@H](CO)[C@H]3OC(C)(C)O[C@H]32)c(=O)[nH]c1=O. The van der Waals surface area contributed by atoms with Crippen LogP contribution in [0.2, 0.25) is 0 Å². The molecule has 1 aromatic rings. The highest BCUT2D eigenvalue weighted by Gasteiger charge is 2.55. The van der Waals surface area contributed by atoms with Crippen LogP contribution in [0.5, 0.6) is 0 Å². The zero-order valence-corrected chi connectivity index (χ0v) is 16.6. The molecule has 0 saturated carbocycles. The summed E-state index contributed by atoms with van der Waals surface area (Å²) in [7, 11) is 0. The number of aliphatic hydroxyl groups is 2. The van der Waals surface area contributed by atoms with E-state index in [1.807, 2.05) is 0 Å². The van der Waals surface area contributed by atoms with Crippen LogP contribution in [0.15, 0.2) is 15.8 Å². The molecule has 2 aliphatic rings. The molecule has 2 saturated heterocycles. The van der Waals surface area contributed by atoms with Crippen molar-refractivity contribution in [3.63, 3.8) is 0 Å². The molecule has 0 radical (unpaired) electrons. The molecule has 0 aromatic carbocycles. The number of aliphatic hydroxyl groups excluding tert-OH is 2. The summed E-state index contributed by atoms with van der Waals surface area (Å²) in [5.74, 6) is -0.877. The first-order valence-electron chi connectivity index (χ1n) is 9.92. The van der Waals surface area contributed by atoms with Crippen LogP contribution in [0.3, 0.4) is 0 Å². The van der Waals surface area contributed by atoms with Crippen LogP contribution in [0.25, 0.3) is 0 Å². The van der Waals surface area contributed by atoms with E-state index in [-0.39, 0.29) is 12.2 Å². The van der Waals surface area contributed by atoms with E-state index in [0.717, 1.165) is 25.7 Å². The first kappa shape index (κ1) is 21.2. The summed E-state index contributed by atoms with van der Waals surface area (Å²) < 4.78 is 18.7. The summed E-state index contributed by atoms with van der Waals surface area (Å²) in [5, 5.41) is 20.1. The third-order valence-corrected chi connectivity index (χ3v) is 5.26. The molecule has 5 atom stereocenters. The van der Waals surface area contributed by atoms with Crippen LogP contribution in [-0.4, -0.2) is 50.5 Å². The maximum atomic E-state index is 12.4. The molecule has 0 bridgehead atoms. The molecule has 2 aliphatic heterocycles. The fourth-order valence-corrected chi connectivity index (χ4v) is 3.88. The monoisotopic (exact) mass is 398 g/mol. The molecule has 3 N–H and O–H groups in total. The highest BCUT2D eigenvalue weighted by molar-refractivity contribution is 5.10. The molecule has 1 aromatic heterocycles. The van der Waals surface area contributed by atoms with Gasteiger partial charge in [0.05, 0.1) is 18.3 Å². The molecule has 3 heterocycles. The average Bonchev–Trinajstić information content (AvgIpc) is 3.11. The third kappa shape index (κ3) is 4.23. The first-order chi connectivity index (χ1) is 13.3. The van der Waals surface area contributed by atoms with Gasteiger partial charge < -0.3 is 24.4 Å². The minimum atomic E-state index is -0.976. The van der Waals surface area contributed by atoms with Crippen molar-refractivity contribution in [2.75, 3.05) is 6.61 Å². The predicted octanol–water partition coefficient (Wildman–Crippen LogP) is 0.950. The lowest BCUT2D eigenvalue weighted by Gasteiger charge is -2.24. The molecule has 9 heteroatoms. The zero-order valence-electron chi connectivity index (χ0n) is 16.6. The van der Waals surface area contributed by atoms with Crippen molar-refractivity contribution in [2.45, 2.75) is 89.3 Å². The van der Waals surface area contributed by atoms with E-state index < -0.39 is 47.7 Å². The summed E-state index contributed by atoms with van der Waals surface area (Å²) in [6.07, 6.45) is 2.01. The first-order valence-corrected chi connectivity index (χ1v) is 9.92. The van der Waals surface area contributed by atoms with Gasteiger partial charge in [-0.15, -0.1) is 0 Å². The number of aromatic amines is 1. The molecule has 0 spiro atoms. The van der Waals surface area contributed by atoms with E-state index in [1.165, 1.54) is 10.8 Å². The zero-order chi connectivity index (χ0) is 20.5. The average molecular weight is 398 g/mol. The molecule has 0 amide bonds. The number of rotatable bonds is 8. The highest BCUT2D eigenvalue weighted by Crippen LogP contribution is 2.42. The lowest BCUT2D eigenvalue weighted by atomic mass is 10.0. The van der Waals surface area contributed by atoms with E-state index >= 15 is 0 Å². The summed E-state index contributed by atoms with van der Waals surface area (Å²) in [6, 6.07) is 0. The summed E-state index contributed by atoms with van der Waals surface area (Å²) in [6.45, 7) is 5.31. The number of unbranched alkanes of at least 4 members (excludes halogenated alkanes) is 3. The van der Waals surface area contributed by atoms with Gasteiger partial charge in [-0.05, 0) is 20.3 Å². The lowest BCUT2D eigenvalue weighted by molar-refractivity contribution is -0.200. The van der Waals surface area contributed by atoms with E-state index in [2.05, 4.69) is 11.9 Å². The Labute approximate surface area is 163 Å². The Hall–Kier alpha value is -1.52. The molecule has 0 aliphatic carbocycles. The molecular weight excluding hydrogens is 368 g/mol. The fourth-order valence-electron chi connectivity index (χ4n) is 3.88. The molecular formula is C19H30N2O7. The number of hydrogen-bond donors (Lipinski definition) is 3. The van der Waals surface area contributed by atoms with Crippen LogP contribution >= 0.6 is 0 Å². The van der Waals surface area contributed by atoms with Gasteiger partial charge >= 0.3 is 5.69 Å². The van der Waals surface area contributed by atoms with Gasteiger partial charge in [-0.3, -0.25) is 14.3 Å². The van der Waals surface area contributed by atoms with Crippen molar-refractivity contribution >= 4 is 0 Å². The van der Waals surface area contributed by atoms with E-state index in [0.29, 0.717) is 6.42 Å². The van der Waals surface area contributed by atoms with Crippen molar-refractivity contribution in [2.24, 2.45) is 0 Å². The summed E-state index contributed by atoms with van der Waals surface area (Å²) in [5.41, 5.74) is -1.16. The topological polar surface area (TPSA) is 123 Å². The van der Waals surface area contributed by atoms with Crippen LogP contribution in [-0.2, 0) is 14.2 Å². The number of fused-ring (bicyclic) bond motifs is 1. The highest BCUT2D eigenvalue weighted by atomic mass is 16.8. The third-order valence-electron chi connectivity index (χ3n) is 5.26. The molecule has 9 nitrogen and oxygen atoms in total. The summed E-state index contributed by atoms with van der Waals surface area (Å²) in [4.78, 5) is 26.9. The van der Waals surface area contributed by atoms with Crippen LogP contribution in [0.1, 0.15) is 70.8 Å². The normalized spacial score (nSPS) is 29.8. The molecule has 1 unspecified atom stereocenters. The maximum absolute atomic E-state index is 12.4. The minimum absolute atomic E-state index is 0.113. The number of ether oxygens (including phenoxy) is 3. The second-order valence-corrected chi connectivity index (χ2v) is 7.93. The van der Waals surface area contributed by atoms with Gasteiger partial charge in [0.25, 0.3) is 5.56 Å². The van der Waals surface area contributed by atoms with E-state index in [1.54, 1.807) is 13.8 Å². The largest absolute Gasteiger partial charge is 0.394 e. The Morgan fingerprint density at radius 2 is 1.93 bits per heavy atom. The Balaban J connectivity index is 1.86. The smallest absolute Gasteiger partial charge is 0.330 e. The Bertz CT molecular complexity index is 787. The van der Waals surface area contributed by atoms with Crippen molar-refractivity contribution in [1.29, 1.82) is 0 Å². The number of aromatic nitrogens is 2. The standard InChI is InChI=1S/C19H30N2O7/c1-4-5-6-7-8-12(23)11-9-21(18(25)20-16(11)24)17-15-14(13(10-22)26-17)27-19(2,3)28-15/h9,12-15,17,22-23H,4-8,10H2,1-3H3,(H,20,24,25)/t12?,13-,14-,15-,17-/m1/s1. The Morgan fingerprint density at radius 3 is 2.61 bits per heavy atom. The Kier molecular flexibility index (Phi) is 6.41. The number of hydrogen-bond acceptors (Lipinski definition) is 7. The molecule has 3 rings (SSSR count). The van der Waals surface area contributed by atoms with Crippen LogP contribution in [0, 0.1) is 0 Å². The predicted molar refractivity (Wildman–Crippen MR) is 99.9 cm³/mol. The van der Waals surface area contributed by atoms with Gasteiger partial charge in [-0.1, -0.05) is 32.6 Å². The quantitative estimate of drug-likeness (QED) is 0.557. The van der Waals surface area contributed by atoms with Crippen LogP contribution < -0.4 is 11.2 Å². The van der Waals surface area contributed by atoms with Gasteiger partial charge in [0.1, 0.15) is 18.3 Å². The van der Waals surface area contributed by atoms with E-state index in [9.17, 15) is 19.8 Å². The van der Waals surface area contributed by atoms with E-state index in [4.69, 9.17) is 14.2 Å². The second-order valence-electron chi connectivity index (χ2n) is 7.93. The van der Waals surface area contributed by atoms with Gasteiger partial charge in [-0.2, -0.15) is 0 Å². The minimum Gasteiger partial charge on any atom is -0.394 e. The van der Waals surface area contributed by atoms with Crippen molar-refractivity contribution in [3.8, 4) is 0 Å². The van der Waals surface area contributed by atoms with Gasteiger partial charge in [-0.25, -0.2) is 4.79 Å². The van der Waals surface area contributed by atoms with Crippen molar-refractivity contribution < 1.29 is 24.4 Å². The summed E-state index contributed by atoms with van der Waals surface area (Å²) >= 11 is 0. The molecule has 28 heavy (non-hydrogen) atoms. The van der Waals surface area contributed by atoms with Crippen molar-refractivity contribution in [3.05, 3.63) is 32.6 Å². The van der Waals surface area contributed by atoms with Crippen molar-refractivity contribution in [1.82, 2.24) is 9.55 Å². The van der Waals surface area contributed by atoms with Crippen LogP contribution in [0.4, 0.5) is 0 Å². The van der Waals surface area contributed by atoms with Gasteiger partial charge in [0.15, 0.2) is 12.0 Å². The molecule has 158 valence electrons. The molecule has 2 fully saturated rings. The van der Waals surface area contributed by atoms with Gasteiger partial charge in [0.2, 0.25) is 0 Å². The number of nitrogens with zero attached hydrogens (tertiary/aromatic N) is 1. The number of nitrogens with one attached hydrogen (secondary N) is 1. The number of H-pyrrole nitrogens is 1. The van der Waals surface area contributed by atoms with Gasteiger partial charge in [0, 0.05) is 6.20 Å². The maximum Gasteiger partial charge on any atom is 0.330 e. The Morgan fingerprint density at radius 1 is 1.21 bits per heavy atom. The second kappa shape index (κ2) is 8.46. The lowest BCUT2D eigenvalue weighted by Crippen LogP contribution is -2.39.